The molecule has 2 fully saturated rings. The molecular weight excluding hydrogens is 501 g/mol. The maximum atomic E-state index is 15.1. The van der Waals surface area contributed by atoms with Gasteiger partial charge in [0.2, 0.25) is 0 Å². The first-order valence-electron chi connectivity index (χ1n) is 14.4. The Morgan fingerprint density at radius 3 is 2.21 bits per heavy atom. The largest absolute Gasteiger partial charge is 0.427 e. The highest BCUT2D eigenvalue weighted by atomic mass is 32.1. The molecule has 1 nitrogen and oxygen atoms in total. The molecule has 2 saturated carbocycles. The molecule has 0 radical (unpaired) electrons. The van der Waals surface area contributed by atoms with Gasteiger partial charge < -0.3 is 4.74 Å². The second-order valence-electron chi connectivity index (χ2n) is 11.3. The highest BCUT2D eigenvalue weighted by Gasteiger charge is 2.36. The molecular formula is C33H39F3OS. The van der Waals surface area contributed by atoms with Gasteiger partial charge in [0, 0.05) is 0 Å². The van der Waals surface area contributed by atoms with Crippen LogP contribution in [0, 0.1) is 23.6 Å². The molecule has 2 aliphatic rings. The van der Waals surface area contributed by atoms with Crippen molar-refractivity contribution in [2.45, 2.75) is 90.1 Å². The number of alkyl halides is 2. The van der Waals surface area contributed by atoms with E-state index in [-0.39, 0.29) is 16.4 Å². The standard InChI is InChI=1S/C33H39F3OS/c1-3-5-22-7-9-23(10-8-22)24-11-13-25(14-12-24)26-17-19-29(20-18-26)33(35,36)37-30-21-28-16-15-27(6-4-2)31(34)32(28)38-30/h3,5,15-25H,4,6-14H2,1-2H3/b5-3+. The molecule has 204 valence electrons. The Morgan fingerprint density at radius 2 is 1.58 bits per heavy atom. The Morgan fingerprint density at radius 1 is 0.921 bits per heavy atom. The Balaban J connectivity index is 1.19. The lowest BCUT2D eigenvalue weighted by Gasteiger charge is -2.37. The predicted octanol–water partition coefficient (Wildman–Crippen LogP) is 10.8. The van der Waals surface area contributed by atoms with Gasteiger partial charge in [0.15, 0.2) is 5.06 Å². The number of thiophene rings is 1. The summed E-state index contributed by atoms with van der Waals surface area (Å²) in [4.78, 5) is 0. The fraction of sp³-hybridized carbons (Fsp3) is 0.515. The van der Waals surface area contributed by atoms with Crippen molar-refractivity contribution in [2.24, 2.45) is 17.8 Å². The third kappa shape index (κ3) is 5.98. The van der Waals surface area contributed by atoms with Crippen LogP contribution in [0.15, 0.2) is 54.6 Å². The van der Waals surface area contributed by atoms with Crippen LogP contribution in [0.25, 0.3) is 10.1 Å². The summed E-state index contributed by atoms with van der Waals surface area (Å²) in [6.07, 6.45) is 12.6. The van der Waals surface area contributed by atoms with Gasteiger partial charge in [-0.1, -0.05) is 61.1 Å². The number of allylic oxidation sites excluding steroid dienone is 2. The summed E-state index contributed by atoms with van der Waals surface area (Å²) in [6, 6.07) is 11.7. The topological polar surface area (TPSA) is 9.23 Å². The third-order valence-corrected chi connectivity index (χ3v) is 9.89. The molecule has 3 aromatic rings. The molecule has 2 aromatic carbocycles. The Labute approximate surface area is 229 Å². The van der Waals surface area contributed by atoms with E-state index >= 15 is 8.78 Å². The van der Waals surface area contributed by atoms with E-state index in [2.05, 4.69) is 19.1 Å². The molecule has 0 bridgehead atoms. The number of rotatable bonds is 8. The lowest BCUT2D eigenvalue weighted by Crippen LogP contribution is -2.25. The molecule has 5 rings (SSSR count). The summed E-state index contributed by atoms with van der Waals surface area (Å²) in [7, 11) is 0. The molecule has 1 aromatic heterocycles. The summed E-state index contributed by atoms with van der Waals surface area (Å²) in [5.74, 6) is 2.56. The van der Waals surface area contributed by atoms with Crippen molar-refractivity contribution in [3.05, 3.63) is 77.1 Å². The zero-order valence-corrected chi connectivity index (χ0v) is 23.3. The van der Waals surface area contributed by atoms with Crippen LogP contribution in [0.2, 0.25) is 0 Å². The first kappa shape index (κ1) is 27.3. The molecule has 5 heteroatoms. The fourth-order valence-corrected chi connectivity index (χ4v) is 7.74. The number of fused-ring (bicyclic) bond motifs is 1. The van der Waals surface area contributed by atoms with Gasteiger partial charge in [-0.3, -0.25) is 0 Å². The second kappa shape index (κ2) is 11.9. The normalized spacial score (nSPS) is 24.8. The molecule has 0 saturated heterocycles. The van der Waals surface area contributed by atoms with Crippen LogP contribution in [-0.2, 0) is 12.5 Å². The first-order chi connectivity index (χ1) is 18.4. The molecule has 2 aliphatic carbocycles. The zero-order valence-electron chi connectivity index (χ0n) is 22.5. The van der Waals surface area contributed by atoms with Gasteiger partial charge in [0.05, 0.1) is 10.3 Å². The average molecular weight is 541 g/mol. The van der Waals surface area contributed by atoms with Crippen LogP contribution < -0.4 is 4.74 Å². The number of hydrogen-bond acceptors (Lipinski definition) is 2. The fourth-order valence-electron chi connectivity index (χ4n) is 6.74. The lowest BCUT2D eigenvalue weighted by atomic mass is 9.68. The highest BCUT2D eigenvalue weighted by Crippen LogP contribution is 2.45. The number of benzene rings is 2. The van der Waals surface area contributed by atoms with E-state index in [0.29, 0.717) is 28.0 Å². The van der Waals surface area contributed by atoms with Gasteiger partial charge in [-0.05, 0) is 123 Å². The van der Waals surface area contributed by atoms with Crippen molar-refractivity contribution >= 4 is 21.4 Å². The summed E-state index contributed by atoms with van der Waals surface area (Å²) in [5, 5.41) is 0.620. The van der Waals surface area contributed by atoms with Gasteiger partial charge in [-0.25, -0.2) is 4.39 Å². The minimum Gasteiger partial charge on any atom is -0.419 e. The predicted molar refractivity (Wildman–Crippen MR) is 152 cm³/mol. The summed E-state index contributed by atoms with van der Waals surface area (Å²) < 4.78 is 50.4. The van der Waals surface area contributed by atoms with E-state index in [1.807, 2.05) is 19.1 Å². The van der Waals surface area contributed by atoms with Crippen LogP contribution in [-0.4, -0.2) is 0 Å². The second-order valence-corrected chi connectivity index (χ2v) is 12.3. The van der Waals surface area contributed by atoms with Gasteiger partial charge in [0.1, 0.15) is 5.82 Å². The van der Waals surface area contributed by atoms with Crippen LogP contribution in [0.4, 0.5) is 13.2 Å². The van der Waals surface area contributed by atoms with E-state index in [9.17, 15) is 4.39 Å². The van der Waals surface area contributed by atoms with Crippen molar-refractivity contribution in [3.63, 3.8) is 0 Å². The number of hydrogen-bond donors (Lipinski definition) is 0. The molecule has 0 spiro atoms. The van der Waals surface area contributed by atoms with Crippen molar-refractivity contribution in [2.75, 3.05) is 0 Å². The first-order valence-corrected chi connectivity index (χ1v) is 15.2. The number of aryl methyl sites for hydroxylation is 1. The Kier molecular flexibility index (Phi) is 8.52. The van der Waals surface area contributed by atoms with Gasteiger partial charge in [0.25, 0.3) is 0 Å². The third-order valence-electron chi connectivity index (χ3n) is 8.87. The summed E-state index contributed by atoms with van der Waals surface area (Å²) in [6.45, 7) is 4.10. The van der Waals surface area contributed by atoms with E-state index in [1.54, 1.807) is 12.1 Å². The van der Waals surface area contributed by atoms with Crippen LogP contribution in [0.1, 0.15) is 94.2 Å². The van der Waals surface area contributed by atoms with Crippen LogP contribution in [0.3, 0.4) is 0 Å². The summed E-state index contributed by atoms with van der Waals surface area (Å²) >= 11 is 0.945. The summed E-state index contributed by atoms with van der Waals surface area (Å²) in [5.41, 5.74) is 1.59. The molecule has 0 amide bonds. The molecule has 0 aliphatic heterocycles. The molecule has 1 heterocycles. The highest BCUT2D eigenvalue weighted by molar-refractivity contribution is 7.20. The molecule has 0 unspecified atom stereocenters. The zero-order chi connectivity index (χ0) is 26.7. The van der Waals surface area contributed by atoms with E-state index in [4.69, 9.17) is 4.74 Å². The van der Waals surface area contributed by atoms with E-state index in [1.165, 1.54) is 56.7 Å². The molecule has 38 heavy (non-hydrogen) atoms. The van der Waals surface area contributed by atoms with Crippen molar-refractivity contribution < 1.29 is 17.9 Å². The van der Waals surface area contributed by atoms with Crippen LogP contribution in [0.5, 0.6) is 5.06 Å². The monoisotopic (exact) mass is 540 g/mol. The van der Waals surface area contributed by atoms with Crippen molar-refractivity contribution in [3.8, 4) is 5.06 Å². The quantitative estimate of drug-likeness (QED) is 0.258. The molecule has 0 atom stereocenters. The Bertz CT molecular complexity index is 1230. The minimum atomic E-state index is -3.48. The smallest absolute Gasteiger partial charge is 0.419 e. The van der Waals surface area contributed by atoms with Gasteiger partial charge >= 0.3 is 6.11 Å². The number of halogens is 3. The van der Waals surface area contributed by atoms with Gasteiger partial charge in [-0.2, -0.15) is 8.78 Å². The average Bonchev–Trinajstić information content (AvgIpc) is 3.34. The van der Waals surface area contributed by atoms with Crippen LogP contribution >= 0.6 is 11.3 Å². The van der Waals surface area contributed by atoms with Crippen molar-refractivity contribution in [1.29, 1.82) is 0 Å². The maximum Gasteiger partial charge on any atom is 0.427 e. The van der Waals surface area contributed by atoms with Gasteiger partial charge in [-0.15, -0.1) is 0 Å². The molecule has 0 N–H and O–H groups in total. The Hall–Kier alpha value is -2.27. The SMILES string of the molecule is C/C=C/C1CCC(C2CCC(c3ccc(C(F)(F)Oc4cc5ccc(CCC)c(F)c5s4)cc3)CC2)CC1. The van der Waals surface area contributed by atoms with Crippen molar-refractivity contribution in [1.82, 2.24) is 0 Å². The lowest BCUT2D eigenvalue weighted by molar-refractivity contribution is -0.183. The number of ether oxygens (including phenoxy) is 1. The van der Waals surface area contributed by atoms with E-state index < -0.39 is 6.11 Å². The van der Waals surface area contributed by atoms with E-state index in [0.717, 1.165) is 53.9 Å². The maximum absolute atomic E-state index is 15.1. The minimum absolute atomic E-state index is 0.0275.